The molecule has 3 aromatic rings. The van der Waals surface area contributed by atoms with Crippen molar-refractivity contribution in [3.05, 3.63) is 70.2 Å². The predicted molar refractivity (Wildman–Crippen MR) is 105 cm³/mol. The number of H-pyrrole nitrogens is 1. The van der Waals surface area contributed by atoms with E-state index in [9.17, 15) is 9.18 Å². The maximum absolute atomic E-state index is 13.0. The highest BCUT2D eigenvalue weighted by Crippen LogP contribution is 2.19. The van der Waals surface area contributed by atoms with E-state index in [0.717, 1.165) is 16.7 Å². The van der Waals surface area contributed by atoms with E-state index in [2.05, 4.69) is 15.5 Å². The smallest absolute Gasteiger partial charge is 0.222 e. The molecule has 3 rings (SSSR count). The van der Waals surface area contributed by atoms with Gasteiger partial charge in [-0.2, -0.15) is 5.10 Å². The van der Waals surface area contributed by atoms with Crippen molar-refractivity contribution in [2.24, 2.45) is 0 Å². The summed E-state index contributed by atoms with van der Waals surface area (Å²) >= 11 is 5.31. The lowest BCUT2D eigenvalue weighted by Gasteiger charge is -2.15. The van der Waals surface area contributed by atoms with E-state index in [1.165, 1.54) is 12.1 Å². The third-order valence-electron chi connectivity index (χ3n) is 4.34. The molecule has 0 aliphatic carbocycles. The summed E-state index contributed by atoms with van der Waals surface area (Å²) in [5.74, 6) is 0.309. The first-order valence-electron chi connectivity index (χ1n) is 8.71. The summed E-state index contributed by atoms with van der Waals surface area (Å²) in [5.41, 5.74) is 2.92. The van der Waals surface area contributed by atoms with Crippen LogP contribution in [0.2, 0.25) is 0 Å². The summed E-state index contributed by atoms with van der Waals surface area (Å²) in [5, 5.41) is 10.0. The predicted octanol–water partition coefficient (Wildman–Crippen LogP) is 4.32. The van der Waals surface area contributed by atoms with Crippen LogP contribution >= 0.6 is 12.2 Å². The Morgan fingerprint density at radius 3 is 2.74 bits per heavy atom. The molecule has 7 heteroatoms. The number of halogens is 1. The molecular formula is C20H21FN4OS. The Morgan fingerprint density at radius 1 is 1.30 bits per heavy atom. The average Bonchev–Trinajstić information content (AvgIpc) is 3.01. The second-order valence-corrected chi connectivity index (χ2v) is 6.85. The van der Waals surface area contributed by atoms with E-state index in [0.29, 0.717) is 17.1 Å². The number of hydrogen-bond acceptors (Lipinski definition) is 3. The number of aromatic nitrogens is 3. The number of amides is 1. The normalized spacial score (nSPS) is 12.0. The Labute approximate surface area is 162 Å². The molecule has 1 atom stereocenters. The largest absolute Gasteiger partial charge is 0.350 e. The van der Waals surface area contributed by atoms with Crippen molar-refractivity contribution in [1.29, 1.82) is 0 Å². The minimum atomic E-state index is -0.296. The minimum Gasteiger partial charge on any atom is -0.350 e. The third kappa shape index (κ3) is 4.68. The van der Waals surface area contributed by atoms with Crippen LogP contribution in [0.4, 0.5) is 4.39 Å². The van der Waals surface area contributed by atoms with Gasteiger partial charge in [-0.25, -0.2) is 4.39 Å². The maximum atomic E-state index is 13.0. The van der Waals surface area contributed by atoms with Crippen LogP contribution in [0, 0.1) is 17.5 Å². The van der Waals surface area contributed by atoms with Gasteiger partial charge in [-0.15, -0.1) is 0 Å². The van der Waals surface area contributed by atoms with E-state index < -0.39 is 0 Å². The molecule has 1 aromatic heterocycles. The Bertz CT molecular complexity index is 994. The molecule has 1 heterocycles. The van der Waals surface area contributed by atoms with E-state index >= 15 is 0 Å². The zero-order valence-corrected chi connectivity index (χ0v) is 16.0. The lowest BCUT2D eigenvalue weighted by molar-refractivity contribution is -0.121. The molecule has 2 N–H and O–H groups in total. The summed E-state index contributed by atoms with van der Waals surface area (Å²) in [6.45, 7) is 4.30. The molecule has 2 aromatic carbocycles. The summed E-state index contributed by atoms with van der Waals surface area (Å²) in [6, 6.07) is 13.9. The molecule has 0 spiro atoms. The lowest BCUT2D eigenvalue weighted by atomic mass is 10.1. The van der Waals surface area contributed by atoms with Gasteiger partial charge in [0.15, 0.2) is 10.6 Å². The highest BCUT2D eigenvalue weighted by molar-refractivity contribution is 7.71. The second kappa shape index (κ2) is 8.26. The summed E-state index contributed by atoms with van der Waals surface area (Å²) < 4.78 is 15.3. The third-order valence-corrected chi connectivity index (χ3v) is 4.66. The van der Waals surface area contributed by atoms with E-state index in [1.54, 1.807) is 12.1 Å². The molecule has 27 heavy (non-hydrogen) atoms. The Kier molecular flexibility index (Phi) is 5.81. The molecular weight excluding hydrogens is 363 g/mol. The number of aromatic amines is 1. The van der Waals surface area contributed by atoms with Gasteiger partial charge in [0.25, 0.3) is 0 Å². The van der Waals surface area contributed by atoms with Crippen molar-refractivity contribution >= 4 is 18.1 Å². The molecule has 0 aliphatic rings. The zero-order valence-electron chi connectivity index (χ0n) is 15.2. The maximum Gasteiger partial charge on any atom is 0.222 e. The van der Waals surface area contributed by atoms with Crippen molar-refractivity contribution < 1.29 is 9.18 Å². The van der Waals surface area contributed by atoms with Gasteiger partial charge in [0.1, 0.15) is 5.82 Å². The van der Waals surface area contributed by atoms with Crippen LogP contribution in [-0.2, 0) is 11.3 Å². The topological polar surface area (TPSA) is 62.7 Å². The Hall–Kier alpha value is -2.80. The standard InChI is InChI=1S/C20H21FN4OS/c1-13-4-3-5-16(12-13)19-23-24-20(27)25(19)11-10-18(26)22-14(2)15-6-8-17(21)9-7-15/h3-9,12,14H,10-11H2,1-2H3,(H,22,26)(H,24,27)/t14-/m0/s1. The van der Waals surface area contributed by atoms with Crippen molar-refractivity contribution in [3.63, 3.8) is 0 Å². The zero-order chi connectivity index (χ0) is 19.4. The van der Waals surface area contributed by atoms with E-state index in [1.807, 2.05) is 42.7 Å². The number of nitrogens with zero attached hydrogens (tertiary/aromatic N) is 2. The van der Waals surface area contributed by atoms with Crippen LogP contribution in [0.1, 0.15) is 30.5 Å². The number of aryl methyl sites for hydroxylation is 1. The summed E-state index contributed by atoms with van der Waals surface area (Å²) in [7, 11) is 0. The monoisotopic (exact) mass is 384 g/mol. The molecule has 0 radical (unpaired) electrons. The van der Waals surface area contributed by atoms with E-state index in [-0.39, 0.29) is 24.2 Å². The lowest BCUT2D eigenvalue weighted by Crippen LogP contribution is -2.27. The number of carbonyl (C=O) groups excluding carboxylic acids is 1. The van der Waals surface area contributed by atoms with Crippen LogP contribution < -0.4 is 5.32 Å². The minimum absolute atomic E-state index is 0.106. The Morgan fingerprint density at radius 2 is 2.04 bits per heavy atom. The van der Waals surface area contributed by atoms with E-state index in [4.69, 9.17) is 12.2 Å². The van der Waals surface area contributed by atoms with Gasteiger partial charge in [0.2, 0.25) is 5.91 Å². The van der Waals surface area contributed by atoms with Crippen molar-refractivity contribution in [2.75, 3.05) is 0 Å². The first-order chi connectivity index (χ1) is 12.9. The van der Waals surface area contributed by atoms with Gasteiger partial charge in [-0.05, 0) is 49.8 Å². The Balaban J connectivity index is 1.66. The summed E-state index contributed by atoms with van der Waals surface area (Å²) in [4.78, 5) is 12.3. The van der Waals surface area contributed by atoms with Crippen molar-refractivity contribution in [1.82, 2.24) is 20.1 Å². The molecule has 1 amide bonds. The van der Waals surface area contributed by atoms with Crippen LogP contribution in [0.15, 0.2) is 48.5 Å². The number of benzene rings is 2. The highest BCUT2D eigenvalue weighted by Gasteiger charge is 2.13. The molecule has 0 bridgehead atoms. The highest BCUT2D eigenvalue weighted by atomic mass is 32.1. The molecule has 5 nitrogen and oxygen atoms in total. The average molecular weight is 384 g/mol. The van der Waals surface area contributed by atoms with Crippen LogP contribution in [0.5, 0.6) is 0 Å². The fourth-order valence-electron chi connectivity index (χ4n) is 2.89. The molecule has 140 valence electrons. The van der Waals surface area contributed by atoms with Crippen molar-refractivity contribution in [3.8, 4) is 11.4 Å². The van der Waals surface area contributed by atoms with Gasteiger partial charge in [-0.3, -0.25) is 14.5 Å². The van der Waals surface area contributed by atoms with Crippen LogP contribution in [-0.4, -0.2) is 20.7 Å². The molecule has 0 aliphatic heterocycles. The first-order valence-corrected chi connectivity index (χ1v) is 9.12. The van der Waals surface area contributed by atoms with Gasteiger partial charge in [-0.1, -0.05) is 35.9 Å². The van der Waals surface area contributed by atoms with Gasteiger partial charge in [0, 0.05) is 18.5 Å². The number of carbonyl (C=O) groups is 1. The fraction of sp³-hybridized carbons (Fsp3) is 0.250. The second-order valence-electron chi connectivity index (χ2n) is 6.46. The molecule has 0 saturated heterocycles. The van der Waals surface area contributed by atoms with Crippen molar-refractivity contribution in [2.45, 2.75) is 32.9 Å². The van der Waals surface area contributed by atoms with Crippen LogP contribution in [0.3, 0.4) is 0 Å². The number of nitrogens with one attached hydrogen (secondary N) is 2. The van der Waals surface area contributed by atoms with Gasteiger partial charge in [0.05, 0.1) is 6.04 Å². The number of hydrogen-bond donors (Lipinski definition) is 2. The SMILES string of the molecule is Cc1cccc(-c2n[nH]c(=S)n2CCC(=O)N[C@@H](C)c2ccc(F)cc2)c1. The molecule has 0 saturated carbocycles. The van der Waals surface area contributed by atoms with Gasteiger partial charge >= 0.3 is 0 Å². The van der Waals surface area contributed by atoms with Gasteiger partial charge < -0.3 is 5.32 Å². The molecule has 0 fully saturated rings. The van der Waals surface area contributed by atoms with Crippen LogP contribution in [0.25, 0.3) is 11.4 Å². The molecule has 0 unspecified atom stereocenters. The first kappa shape index (κ1) is 19.0. The fourth-order valence-corrected chi connectivity index (χ4v) is 3.11. The summed E-state index contributed by atoms with van der Waals surface area (Å²) in [6.07, 6.45) is 0.262. The quantitative estimate of drug-likeness (QED) is 0.622. The number of rotatable bonds is 6.